The van der Waals surface area contributed by atoms with Crippen LogP contribution in [0.25, 0.3) is 15.9 Å². The van der Waals surface area contributed by atoms with Gasteiger partial charge in [-0.15, -0.1) is 11.3 Å². The number of thioether (sulfide) groups is 1. The van der Waals surface area contributed by atoms with Crippen molar-refractivity contribution in [2.45, 2.75) is 43.0 Å². The Balaban J connectivity index is 1.63. The van der Waals surface area contributed by atoms with Crippen molar-refractivity contribution in [1.29, 1.82) is 0 Å². The zero-order valence-corrected chi connectivity index (χ0v) is 19.3. The molecule has 1 aliphatic carbocycles. The third kappa shape index (κ3) is 3.79. The summed E-state index contributed by atoms with van der Waals surface area (Å²) in [7, 11) is 1.67. The lowest BCUT2D eigenvalue weighted by atomic mass is 9.88. The van der Waals surface area contributed by atoms with E-state index >= 15 is 0 Å². The van der Waals surface area contributed by atoms with Gasteiger partial charge in [0.2, 0.25) is 0 Å². The molecular weight excluding hydrogens is 424 g/mol. The number of fused-ring (bicyclic) bond motifs is 3. The fourth-order valence-electron chi connectivity index (χ4n) is 4.29. The van der Waals surface area contributed by atoms with Gasteiger partial charge in [-0.3, -0.25) is 9.36 Å². The van der Waals surface area contributed by atoms with Gasteiger partial charge in [0.15, 0.2) is 5.16 Å². The van der Waals surface area contributed by atoms with Gasteiger partial charge in [-0.2, -0.15) is 0 Å². The standard InChI is InChI=1S/C25H24N2O2S2/c1-16-7-6-10-20-21(16)22-23(31-20)26-25(27(24(22)28)18-8-4-3-5-9-18)30-15-17-11-13-19(29-2)14-12-17/h3-5,8-9,11-14,16H,6-7,10,15H2,1-2H3/t16-/m0/s1. The van der Waals surface area contributed by atoms with Gasteiger partial charge in [-0.1, -0.05) is 49.0 Å². The molecule has 2 aromatic heterocycles. The summed E-state index contributed by atoms with van der Waals surface area (Å²) in [5.41, 5.74) is 3.32. The molecule has 0 unspecified atom stereocenters. The van der Waals surface area contributed by atoms with Crippen molar-refractivity contribution in [3.63, 3.8) is 0 Å². The number of benzene rings is 2. The molecule has 0 fully saturated rings. The van der Waals surface area contributed by atoms with Crippen molar-refractivity contribution < 1.29 is 4.74 Å². The number of hydrogen-bond donors (Lipinski definition) is 0. The summed E-state index contributed by atoms with van der Waals surface area (Å²) in [5, 5.41) is 1.57. The molecule has 0 spiro atoms. The van der Waals surface area contributed by atoms with Gasteiger partial charge in [0.25, 0.3) is 5.56 Å². The third-order valence-corrected chi connectivity index (χ3v) is 8.05. The van der Waals surface area contributed by atoms with Crippen LogP contribution in [0.15, 0.2) is 64.5 Å². The number of aryl methyl sites for hydroxylation is 1. The van der Waals surface area contributed by atoms with Crippen molar-refractivity contribution in [3.05, 3.63) is 81.0 Å². The lowest BCUT2D eigenvalue weighted by Crippen LogP contribution is -2.22. The lowest BCUT2D eigenvalue weighted by Gasteiger charge is -2.19. The fourth-order valence-corrected chi connectivity index (χ4v) is 6.63. The SMILES string of the molecule is COc1ccc(CSc2nc3sc4c(c3c(=O)n2-c2ccccc2)[C@@H](C)CCC4)cc1. The highest BCUT2D eigenvalue weighted by Gasteiger charge is 2.26. The first-order chi connectivity index (χ1) is 15.2. The molecule has 0 saturated carbocycles. The highest BCUT2D eigenvalue weighted by Crippen LogP contribution is 2.41. The first-order valence-electron chi connectivity index (χ1n) is 10.5. The van der Waals surface area contributed by atoms with Gasteiger partial charge in [0.1, 0.15) is 10.6 Å². The van der Waals surface area contributed by atoms with E-state index in [1.54, 1.807) is 34.8 Å². The maximum absolute atomic E-state index is 13.8. The zero-order valence-electron chi connectivity index (χ0n) is 17.6. The number of hydrogen-bond acceptors (Lipinski definition) is 5. The van der Waals surface area contributed by atoms with Crippen molar-refractivity contribution >= 4 is 33.3 Å². The molecule has 31 heavy (non-hydrogen) atoms. The lowest BCUT2D eigenvalue weighted by molar-refractivity contribution is 0.414. The van der Waals surface area contributed by atoms with Crippen LogP contribution in [0.2, 0.25) is 0 Å². The quantitative estimate of drug-likeness (QED) is 0.270. The van der Waals surface area contributed by atoms with Crippen molar-refractivity contribution in [2.75, 3.05) is 7.11 Å². The van der Waals surface area contributed by atoms with E-state index in [-0.39, 0.29) is 5.56 Å². The van der Waals surface area contributed by atoms with E-state index in [2.05, 4.69) is 19.1 Å². The Kier molecular flexibility index (Phi) is 5.59. The number of rotatable bonds is 5. The molecule has 0 N–H and O–H groups in total. The maximum atomic E-state index is 13.8. The second-order valence-corrected chi connectivity index (χ2v) is 9.95. The summed E-state index contributed by atoms with van der Waals surface area (Å²) in [6.07, 6.45) is 3.38. The largest absolute Gasteiger partial charge is 0.497 e. The van der Waals surface area contributed by atoms with Crippen LogP contribution in [0.1, 0.15) is 41.7 Å². The molecule has 158 valence electrons. The minimum atomic E-state index is 0.0553. The second-order valence-electron chi connectivity index (χ2n) is 7.92. The van der Waals surface area contributed by atoms with Gasteiger partial charge in [0.05, 0.1) is 18.2 Å². The van der Waals surface area contributed by atoms with Gasteiger partial charge in [-0.25, -0.2) is 4.98 Å². The van der Waals surface area contributed by atoms with Crippen molar-refractivity contribution in [2.24, 2.45) is 0 Å². The topological polar surface area (TPSA) is 44.1 Å². The first-order valence-corrected chi connectivity index (χ1v) is 12.4. The molecule has 2 aromatic carbocycles. The molecule has 0 aliphatic heterocycles. The van der Waals surface area contributed by atoms with E-state index < -0.39 is 0 Å². The summed E-state index contributed by atoms with van der Waals surface area (Å²) in [6.45, 7) is 2.24. The van der Waals surface area contributed by atoms with E-state index in [0.717, 1.165) is 45.4 Å². The molecule has 0 saturated heterocycles. The van der Waals surface area contributed by atoms with Crippen molar-refractivity contribution in [3.8, 4) is 11.4 Å². The number of para-hydroxylation sites is 1. The normalized spacial score (nSPS) is 15.7. The van der Waals surface area contributed by atoms with E-state index in [1.807, 2.05) is 42.5 Å². The number of ether oxygens (including phenoxy) is 1. The minimum Gasteiger partial charge on any atom is -0.497 e. The minimum absolute atomic E-state index is 0.0553. The Morgan fingerprint density at radius 2 is 1.94 bits per heavy atom. The van der Waals surface area contributed by atoms with Crippen LogP contribution < -0.4 is 10.3 Å². The van der Waals surface area contributed by atoms with Crippen LogP contribution in [0.3, 0.4) is 0 Å². The summed E-state index contributed by atoms with van der Waals surface area (Å²) < 4.78 is 7.05. The number of thiophene rings is 1. The molecule has 6 heteroatoms. The van der Waals surface area contributed by atoms with E-state index in [1.165, 1.54) is 22.4 Å². The van der Waals surface area contributed by atoms with Gasteiger partial charge < -0.3 is 4.74 Å². The molecule has 2 heterocycles. The van der Waals surface area contributed by atoms with Crippen LogP contribution in [-0.2, 0) is 12.2 Å². The number of aromatic nitrogens is 2. The van der Waals surface area contributed by atoms with E-state index in [4.69, 9.17) is 9.72 Å². The van der Waals surface area contributed by atoms with Crippen LogP contribution in [0.4, 0.5) is 0 Å². The highest BCUT2D eigenvalue weighted by molar-refractivity contribution is 7.98. The Bertz CT molecular complexity index is 1280. The summed E-state index contributed by atoms with van der Waals surface area (Å²) in [6, 6.07) is 17.9. The monoisotopic (exact) mass is 448 g/mol. The molecule has 1 atom stereocenters. The average Bonchev–Trinajstić information content (AvgIpc) is 3.18. The Morgan fingerprint density at radius 1 is 1.16 bits per heavy atom. The van der Waals surface area contributed by atoms with Crippen molar-refractivity contribution in [1.82, 2.24) is 9.55 Å². The number of methoxy groups -OCH3 is 1. The fraction of sp³-hybridized carbons (Fsp3) is 0.280. The van der Waals surface area contributed by atoms with Crippen LogP contribution >= 0.6 is 23.1 Å². The zero-order chi connectivity index (χ0) is 21.4. The highest BCUT2D eigenvalue weighted by atomic mass is 32.2. The summed E-state index contributed by atoms with van der Waals surface area (Å²) in [4.78, 5) is 21.1. The molecule has 0 radical (unpaired) electrons. The van der Waals surface area contributed by atoms with E-state index in [9.17, 15) is 4.79 Å². The van der Waals surface area contributed by atoms with Crippen LogP contribution in [-0.4, -0.2) is 16.7 Å². The van der Waals surface area contributed by atoms with Crippen LogP contribution in [0.5, 0.6) is 5.75 Å². The molecule has 4 aromatic rings. The van der Waals surface area contributed by atoms with Gasteiger partial charge >= 0.3 is 0 Å². The predicted octanol–water partition coefficient (Wildman–Crippen LogP) is 6.19. The Labute approximate surface area is 189 Å². The number of nitrogens with zero attached hydrogens (tertiary/aromatic N) is 2. The molecule has 0 amide bonds. The maximum Gasteiger partial charge on any atom is 0.267 e. The van der Waals surface area contributed by atoms with Gasteiger partial charge in [0, 0.05) is 10.6 Å². The third-order valence-electron chi connectivity index (χ3n) is 5.88. The molecule has 5 rings (SSSR count). The summed E-state index contributed by atoms with van der Waals surface area (Å²) >= 11 is 3.31. The predicted molar refractivity (Wildman–Crippen MR) is 129 cm³/mol. The van der Waals surface area contributed by atoms with E-state index in [0.29, 0.717) is 5.92 Å². The van der Waals surface area contributed by atoms with Gasteiger partial charge in [-0.05, 0) is 60.6 Å². The molecule has 1 aliphatic rings. The average molecular weight is 449 g/mol. The molecule has 4 nitrogen and oxygen atoms in total. The smallest absolute Gasteiger partial charge is 0.267 e. The Morgan fingerprint density at radius 3 is 2.68 bits per heavy atom. The Hall–Kier alpha value is -2.57. The van der Waals surface area contributed by atoms with Crippen LogP contribution in [0, 0.1) is 0 Å². The molecule has 0 bridgehead atoms. The first kappa shape index (κ1) is 20.3. The molecular formula is C25H24N2O2S2. The second kappa shape index (κ2) is 8.52. The summed E-state index contributed by atoms with van der Waals surface area (Å²) in [5.74, 6) is 1.98.